The monoisotopic (exact) mass is 244 g/mol. The highest BCUT2D eigenvalue weighted by molar-refractivity contribution is 5.88. The molecule has 2 heterocycles. The molecule has 6 N–H and O–H groups in total. The second-order valence-corrected chi connectivity index (χ2v) is 3.74. The van der Waals surface area contributed by atoms with Crippen molar-refractivity contribution in [3.05, 3.63) is 11.6 Å². The third-order valence-electron chi connectivity index (χ3n) is 2.70. The molecule has 1 amide bonds. The first-order chi connectivity index (χ1) is 8.01. The van der Waals surface area contributed by atoms with Gasteiger partial charge in [-0.15, -0.1) is 5.10 Å². The average molecular weight is 244 g/mol. The van der Waals surface area contributed by atoms with Crippen molar-refractivity contribution < 1.29 is 24.9 Å². The predicted molar refractivity (Wildman–Crippen MR) is 51.6 cm³/mol. The van der Waals surface area contributed by atoms with Gasteiger partial charge in [0.2, 0.25) is 5.82 Å². The van der Waals surface area contributed by atoms with Gasteiger partial charge in [0, 0.05) is 0 Å². The Hall–Kier alpha value is -1.55. The van der Waals surface area contributed by atoms with Gasteiger partial charge in [0.15, 0.2) is 11.4 Å². The lowest BCUT2D eigenvalue weighted by molar-refractivity contribution is -0.106. The maximum atomic E-state index is 10.8. The Morgan fingerprint density at radius 3 is 2.76 bits per heavy atom. The van der Waals surface area contributed by atoms with Crippen molar-refractivity contribution in [3.8, 4) is 0 Å². The zero-order valence-electron chi connectivity index (χ0n) is 8.70. The van der Waals surface area contributed by atoms with Crippen molar-refractivity contribution in [2.24, 2.45) is 5.73 Å². The minimum Gasteiger partial charge on any atom is -0.393 e. The van der Waals surface area contributed by atoms with E-state index in [0.717, 1.165) is 0 Å². The number of aromatic nitrogens is 3. The van der Waals surface area contributed by atoms with Crippen LogP contribution >= 0.6 is 0 Å². The molecule has 0 aliphatic carbocycles. The molecular formula is C8H12N4O5. The number of hydrogen-bond donors (Lipinski definition) is 5. The van der Waals surface area contributed by atoms with Crippen LogP contribution in [0.1, 0.15) is 16.4 Å². The molecular weight excluding hydrogens is 232 g/mol. The minimum absolute atomic E-state index is 0.0575. The molecule has 0 saturated carbocycles. The Bertz CT molecular complexity index is 435. The van der Waals surface area contributed by atoms with Gasteiger partial charge in [0.25, 0.3) is 5.91 Å². The topological polar surface area (TPSA) is 155 Å². The fraction of sp³-hybridized carbons (Fsp3) is 0.625. The molecule has 0 radical (unpaired) electrons. The van der Waals surface area contributed by atoms with Crippen LogP contribution in [0.5, 0.6) is 0 Å². The Balaban J connectivity index is 2.38. The zero-order chi connectivity index (χ0) is 12.6. The normalized spacial score (nSPS) is 32.9. The van der Waals surface area contributed by atoms with Crippen LogP contribution in [0.2, 0.25) is 0 Å². The van der Waals surface area contributed by atoms with Crippen molar-refractivity contribution in [2.75, 3.05) is 13.2 Å². The van der Waals surface area contributed by atoms with E-state index >= 15 is 0 Å². The molecule has 2 rings (SSSR count). The number of carbonyl (C=O) groups excluding carboxylic acids is 1. The van der Waals surface area contributed by atoms with Gasteiger partial charge in [-0.2, -0.15) is 0 Å². The summed E-state index contributed by atoms with van der Waals surface area (Å²) in [6, 6.07) is 0. The van der Waals surface area contributed by atoms with Crippen LogP contribution in [0.15, 0.2) is 0 Å². The summed E-state index contributed by atoms with van der Waals surface area (Å²) in [6.07, 6.45) is -2.52. The van der Waals surface area contributed by atoms with E-state index in [1.54, 1.807) is 0 Å². The highest BCUT2D eigenvalue weighted by atomic mass is 16.6. The second kappa shape index (κ2) is 4.04. The Morgan fingerprint density at radius 1 is 1.65 bits per heavy atom. The van der Waals surface area contributed by atoms with E-state index in [1.807, 2.05) is 0 Å². The van der Waals surface area contributed by atoms with Crippen LogP contribution in [0.25, 0.3) is 0 Å². The summed E-state index contributed by atoms with van der Waals surface area (Å²) in [5.74, 6) is -1.20. The molecule has 0 unspecified atom stereocenters. The first-order valence-corrected chi connectivity index (χ1v) is 4.85. The lowest BCUT2D eigenvalue weighted by Gasteiger charge is -2.26. The van der Waals surface area contributed by atoms with Gasteiger partial charge in [-0.05, 0) is 0 Å². The molecule has 0 bridgehead atoms. The smallest absolute Gasteiger partial charge is 0.288 e. The summed E-state index contributed by atoms with van der Waals surface area (Å²) >= 11 is 0. The number of aromatic amines is 1. The van der Waals surface area contributed by atoms with E-state index < -0.39 is 30.3 Å². The third-order valence-corrected chi connectivity index (χ3v) is 2.70. The maximum absolute atomic E-state index is 10.8. The van der Waals surface area contributed by atoms with Crippen molar-refractivity contribution >= 4 is 5.91 Å². The zero-order valence-corrected chi connectivity index (χ0v) is 8.70. The summed E-state index contributed by atoms with van der Waals surface area (Å²) < 4.78 is 5.16. The van der Waals surface area contributed by atoms with E-state index in [-0.39, 0.29) is 18.3 Å². The quantitative estimate of drug-likeness (QED) is 0.376. The van der Waals surface area contributed by atoms with E-state index in [9.17, 15) is 20.1 Å². The number of H-pyrrole nitrogens is 1. The number of aliphatic hydroxyl groups is 3. The maximum Gasteiger partial charge on any atom is 0.288 e. The van der Waals surface area contributed by atoms with Gasteiger partial charge in [-0.3, -0.25) is 9.89 Å². The highest BCUT2D eigenvalue weighted by Gasteiger charge is 2.52. The molecule has 94 valence electrons. The summed E-state index contributed by atoms with van der Waals surface area (Å²) in [4.78, 5) is 14.6. The summed E-state index contributed by atoms with van der Waals surface area (Å²) in [5, 5.41) is 34.4. The fourth-order valence-corrected chi connectivity index (χ4v) is 1.71. The summed E-state index contributed by atoms with van der Waals surface area (Å²) in [5.41, 5.74) is 3.36. The number of amides is 1. The van der Waals surface area contributed by atoms with Crippen molar-refractivity contribution in [2.45, 2.75) is 17.8 Å². The molecule has 3 atom stereocenters. The van der Waals surface area contributed by atoms with Gasteiger partial charge >= 0.3 is 0 Å². The largest absolute Gasteiger partial charge is 0.393 e. The molecule has 0 spiro atoms. The number of rotatable bonds is 3. The van der Waals surface area contributed by atoms with Gasteiger partial charge in [-0.1, -0.05) is 0 Å². The first kappa shape index (κ1) is 11.9. The SMILES string of the molecule is NC(=O)c1n[nH]c([C@@]2(CO)OC[C@H](O)[C@@H]2O)n1. The minimum atomic E-state index is -1.61. The fourth-order valence-electron chi connectivity index (χ4n) is 1.71. The molecule has 1 aliphatic rings. The Kier molecular flexibility index (Phi) is 2.83. The molecule has 1 saturated heterocycles. The second-order valence-electron chi connectivity index (χ2n) is 3.74. The van der Waals surface area contributed by atoms with Gasteiger partial charge in [-0.25, -0.2) is 4.98 Å². The van der Waals surface area contributed by atoms with Crippen LogP contribution < -0.4 is 5.73 Å². The highest BCUT2D eigenvalue weighted by Crippen LogP contribution is 2.34. The number of nitrogens with one attached hydrogen (secondary N) is 1. The number of nitrogens with zero attached hydrogens (tertiary/aromatic N) is 2. The lowest BCUT2D eigenvalue weighted by atomic mass is 9.96. The standard InChI is InChI=1S/C8H12N4O5/c9-5(16)6-10-7(12-11-6)8(2-13)4(15)3(14)1-17-8/h3-4,13-15H,1-2H2,(H2,9,16)(H,10,11,12)/t3-,4-,8-/m0/s1. The molecule has 1 aromatic heterocycles. The molecule has 1 fully saturated rings. The molecule has 9 nitrogen and oxygen atoms in total. The van der Waals surface area contributed by atoms with Crippen LogP contribution in [0.4, 0.5) is 0 Å². The summed E-state index contributed by atoms with van der Waals surface area (Å²) in [7, 11) is 0. The van der Waals surface area contributed by atoms with Crippen LogP contribution in [0, 0.1) is 0 Å². The number of aliphatic hydroxyl groups excluding tert-OH is 3. The number of primary amides is 1. The van der Waals surface area contributed by atoms with Gasteiger partial charge in [0.05, 0.1) is 13.2 Å². The number of nitrogens with two attached hydrogens (primary N) is 1. The summed E-state index contributed by atoms with van der Waals surface area (Å²) in [6.45, 7) is -0.785. The molecule has 9 heteroatoms. The van der Waals surface area contributed by atoms with Crippen molar-refractivity contribution in [1.82, 2.24) is 15.2 Å². The Labute approximate surface area is 95.2 Å². The van der Waals surface area contributed by atoms with Crippen molar-refractivity contribution in [3.63, 3.8) is 0 Å². The lowest BCUT2D eigenvalue weighted by Crippen LogP contribution is -2.44. The van der Waals surface area contributed by atoms with Gasteiger partial charge < -0.3 is 25.8 Å². The first-order valence-electron chi connectivity index (χ1n) is 4.85. The van der Waals surface area contributed by atoms with Crippen LogP contribution in [-0.4, -0.2) is 61.8 Å². The van der Waals surface area contributed by atoms with Gasteiger partial charge in [0.1, 0.15) is 12.2 Å². The third kappa shape index (κ3) is 1.69. The van der Waals surface area contributed by atoms with E-state index in [4.69, 9.17) is 10.5 Å². The van der Waals surface area contributed by atoms with Crippen LogP contribution in [-0.2, 0) is 10.3 Å². The van der Waals surface area contributed by atoms with E-state index in [2.05, 4.69) is 15.2 Å². The Morgan fingerprint density at radius 2 is 2.35 bits per heavy atom. The van der Waals surface area contributed by atoms with Crippen LogP contribution in [0.3, 0.4) is 0 Å². The van der Waals surface area contributed by atoms with E-state index in [0.29, 0.717) is 0 Å². The van der Waals surface area contributed by atoms with Crippen molar-refractivity contribution in [1.29, 1.82) is 0 Å². The number of carbonyl (C=O) groups is 1. The molecule has 1 aromatic rings. The van der Waals surface area contributed by atoms with E-state index in [1.165, 1.54) is 0 Å². The molecule has 1 aliphatic heterocycles. The molecule has 0 aromatic carbocycles. The number of ether oxygens (including phenoxy) is 1. The number of hydrogen-bond acceptors (Lipinski definition) is 7. The predicted octanol–water partition coefficient (Wildman–Crippen LogP) is -3.16. The average Bonchev–Trinajstić information content (AvgIpc) is 2.88. The molecule has 17 heavy (non-hydrogen) atoms.